The van der Waals surface area contributed by atoms with Gasteiger partial charge in [0.2, 0.25) is 0 Å². The van der Waals surface area contributed by atoms with Crippen LogP contribution < -0.4 is 15.4 Å². The second kappa shape index (κ2) is 8.82. The van der Waals surface area contributed by atoms with Crippen molar-refractivity contribution in [2.45, 2.75) is 13.0 Å². The smallest absolute Gasteiger partial charge is 0.291 e. The number of anilines is 2. The fourth-order valence-electron chi connectivity index (χ4n) is 2.33. The van der Waals surface area contributed by atoms with E-state index in [1.54, 1.807) is 55.5 Å². The zero-order valence-corrected chi connectivity index (χ0v) is 16.3. The number of benzene rings is 2. The van der Waals surface area contributed by atoms with Gasteiger partial charge < -0.3 is 19.8 Å². The number of rotatable bonds is 6. The molecule has 8 heteroatoms. The number of ether oxygens (including phenoxy) is 1. The molecule has 0 bridgehead atoms. The van der Waals surface area contributed by atoms with E-state index in [1.165, 1.54) is 12.3 Å². The van der Waals surface area contributed by atoms with Gasteiger partial charge in [0.05, 0.1) is 11.3 Å². The number of furan rings is 1. The normalized spacial score (nSPS) is 11.5. The SMILES string of the molecule is C[C@H](Oc1ccc(Cl)cc1Cl)C(=O)Nc1cccc(NC(=O)c2ccco2)c1. The summed E-state index contributed by atoms with van der Waals surface area (Å²) in [5.74, 6) is -0.215. The first-order valence-corrected chi connectivity index (χ1v) is 9.05. The number of carbonyl (C=O) groups is 2. The Labute approximate surface area is 171 Å². The summed E-state index contributed by atoms with van der Waals surface area (Å²) >= 11 is 11.9. The third kappa shape index (κ3) is 5.06. The summed E-state index contributed by atoms with van der Waals surface area (Å²) in [6, 6.07) is 14.7. The molecule has 1 aromatic heterocycles. The first-order valence-electron chi connectivity index (χ1n) is 8.30. The van der Waals surface area contributed by atoms with Gasteiger partial charge in [-0.3, -0.25) is 9.59 Å². The Morgan fingerprint density at radius 2 is 1.75 bits per heavy atom. The second-order valence-electron chi connectivity index (χ2n) is 5.84. The average molecular weight is 419 g/mol. The van der Waals surface area contributed by atoms with Crippen LogP contribution in [0.3, 0.4) is 0 Å². The molecular weight excluding hydrogens is 403 g/mol. The number of amides is 2. The fourth-order valence-corrected chi connectivity index (χ4v) is 2.79. The number of hydrogen-bond donors (Lipinski definition) is 2. The molecule has 1 atom stereocenters. The summed E-state index contributed by atoms with van der Waals surface area (Å²) in [4.78, 5) is 24.4. The lowest BCUT2D eigenvalue weighted by Crippen LogP contribution is -2.30. The highest BCUT2D eigenvalue weighted by atomic mass is 35.5. The second-order valence-corrected chi connectivity index (χ2v) is 6.68. The Kier molecular flexibility index (Phi) is 6.23. The minimum absolute atomic E-state index is 0.191. The molecule has 0 aliphatic heterocycles. The lowest BCUT2D eigenvalue weighted by molar-refractivity contribution is -0.122. The molecule has 0 saturated heterocycles. The van der Waals surface area contributed by atoms with Crippen molar-refractivity contribution in [2.75, 3.05) is 10.6 Å². The van der Waals surface area contributed by atoms with Gasteiger partial charge in [0, 0.05) is 16.4 Å². The summed E-state index contributed by atoms with van der Waals surface area (Å²) in [5, 5.41) is 6.22. The molecule has 28 heavy (non-hydrogen) atoms. The van der Waals surface area contributed by atoms with Crippen molar-refractivity contribution in [3.05, 3.63) is 76.7 Å². The molecule has 0 fully saturated rings. The summed E-state index contributed by atoms with van der Waals surface area (Å²) in [7, 11) is 0. The molecule has 2 aromatic carbocycles. The van der Waals surface area contributed by atoms with Crippen LogP contribution in [0.4, 0.5) is 11.4 Å². The van der Waals surface area contributed by atoms with Gasteiger partial charge in [0.1, 0.15) is 5.75 Å². The van der Waals surface area contributed by atoms with Crippen LogP contribution in [0.25, 0.3) is 0 Å². The highest BCUT2D eigenvalue weighted by molar-refractivity contribution is 6.35. The van der Waals surface area contributed by atoms with Gasteiger partial charge in [-0.15, -0.1) is 0 Å². The molecule has 3 rings (SSSR count). The van der Waals surface area contributed by atoms with Gasteiger partial charge in [-0.25, -0.2) is 0 Å². The Bertz CT molecular complexity index is 990. The maximum atomic E-state index is 12.4. The molecule has 2 N–H and O–H groups in total. The van der Waals surface area contributed by atoms with E-state index in [9.17, 15) is 9.59 Å². The highest BCUT2D eigenvalue weighted by Crippen LogP contribution is 2.28. The van der Waals surface area contributed by atoms with E-state index in [-0.39, 0.29) is 17.6 Å². The third-order valence-electron chi connectivity index (χ3n) is 3.70. The third-order valence-corrected chi connectivity index (χ3v) is 4.23. The number of carbonyl (C=O) groups excluding carboxylic acids is 2. The van der Waals surface area contributed by atoms with E-state index >= 15 is 0 Å². The van der Waals surface area contributed by atoms with Gasteiger partial charge in [0.15, 0.2) is 11.9 Å². The molecule has 144 valence electrons. The average Bonchev–Trinajstić information content (AvgIpc) is 3.19. The van der Waals surface area contributed by atoms with Gasteiger partial charge >= 0.3 is 0 Å². The predicted molar refractivity (Wildman–Crippen MR) is 108 cm³/mol. The first kappa shape index (κ1) is 19.8. The van der Waals surface area contributed by atoms with Gasteiger partial charge in [-0.05, 0) is 55.5 Å². The van der Waals surface area contributed by atoms with Gasteiger partial charge in [-0.1, -0.05) is 29.3 Å². The Morgan fingerprint density at radius 1 is 1.00 bits per heavy atom. The van der Waals surface area contributed by atoms with Crippen LogP contribution in [0.15, 0.2) is 65.3 Å². The largest absolute Gasteiger partial charge is 0.479 e. The van der Waals surface area contributed by atoms with E-state index in [0.29, 0.717) is 27.2 Å². The molecule has 0 radical (unpaired) electrons. The van der Waals surface area contributed by atoms with Crippen LogP contribution in [0, 0.1) is 0 Å². The maximum absolute atomic E-state index is 12.4. The molecule has 0 unspecified atom stereocenters. The van der Waals surface area contributed by atoms with E-state index < -0.39 is 6.10 Å². The monoisotopic (exact) mass is 418 g/mol. The minimum atomic E-state index is -0.806. The maximum Gasteiger partial charge on any atom is 0.291 e. The highest BCUT2D eigenvalue weighted by Gasteiger charge is 2.17. The summed E-state index contributed by atoms with van der Waals surface area (Å²) in [5.41, 5.74) is 1.01. The molecule has 0 spiro atoms. The quantitative estimate of drug-likeness (QED) is 0.572. The van der Waals surface area contributed by atoms with Crippen molar-refractivity contribution < 1.29 is 18.7 Å². The topological polar surface area (TPSA) is 80.6 Å². The van der Waals surface area contributed by atoms with Crippen molar-refractivity contribution in [3.8, 4) is 5.75 Å². The van der Waals surface area contributed by atoms with Crippen molar-refractivity contribution >= 4 is 46.4 Å². The van der Waals surface area contributed by atoms with Crippen molar-refractivity contribution in [1.29, 1.82) is 0 Å². The lowest BCUT2D eigenvalue weighted by Gasteiger charge is -2.16. The van der Waals surface area contributed by atoms with Crippen LogP contribution in [0.5, 0.6) is 5.75 Å². The predicted octanol–water partition coefficient (Wildman–Crippen LogP) is 5.24. The Morgan fingerprint density at radius 3 is 2.43 bits per heavy atom. The van der Waals surface area contributed by atoms with Crippen LogP contribution in [-0.4, -0.2) is 17.9 Å². The van der Waals surface area contributed by atoms with Gasteiger partial charge in [0.25, 0.3) is 11.8 Å². The van der Waals surface area contributed by atoms with Crippen LogP contribution in [-0.2, 0) is 4.79 Å². The van der Waals surface area contributed by atoms with E-state index in [2.05, 4.69) is 10.6 Å². The van der Waals surface area contributed by atoms with Crippen molar-refractivity contribution in [2.24, 2.45) is 0 Å². The molecule has 0 aliphatic carbocycles. The summed E-state index contributed by atoms with van der Waals surface area (Å²) < 4.78 is 10.6. The number of hydrogen-bond acceptors (Lipinski definition) is 4. The fraction of sp³-hybridized carbons (Fsp3) is 0.100. The van der Waals surface area contributed by atoms with E-state index in [1.807, 2.05) is 0 Å². The molecule has 0 saturated carbocycles. The van der Waals surface area contributed by atoms with Crippen LogP contribution >= 0.6 is 23.2 Å². The molecule has 6 nitrogen and oxygen atoms in total. The molecule has 1 heterocycles. The lowest BCUT2D eigenvalue weighted by atomic mass is 10.2. The molecule has 2 amide bonds. The van der Waals surface area contributed by atoms with Crippen molar-refractivity contribution in [3.63, 3.8) is 0 Å². The number of nitrogens with one attached hydrogen (secondary N) is 2. The summed E-state index contributed by atoms with van der Waals surface area (Å²) in [6.45, 7) is 1.60. The van der Waals surface area contributed by atoms with Crippen LogP contribution in [0.1, 0.15) is 17.5 Å². The molecular formula is C20H16Cl2N2O4. The Balaban J connectivity index is 1.62. The zero-order chi connectivity index (χ0) is 20.1. The van der Waals surface area contributed by atoms with Crippen LogP contribution in [0.2, 0.25) is 10.0 Å². The Hall–Kier alpha value is -2.96. The van der Waals surface area contributed by atoms with Crippen molar-refractivity contribution in [1.82, 2.24) is 0 Å². The molecule has 0 aliphatic rings. The number of halogens is 2. The minimum Gasteiger partial charge on any atom is -0.479 e. The summed E-state index contributed by atoms with van der Waals surface area (Å²) in [6.07, 6.45) is 0.611. The van der Waals surface area contributed by atoms with Gasteiger partial charge in [-0.2, -0.15) is 0 Å². The standard InChI is InChI=1S/C20H16Cl2N2O4/c1-12(28-17-8-7-13(21)10-16(17)22)19(25)23-14-4-2-5-15(11-14)24-20(26)18-6-3-9-27-18/h2-12H,1H3,(H,23,25)(H,24,26)/t12-/m0/s1. The zero-order valence-electron chi connectivity index (χ0n) is 14.7. The van der Waals surface area contributed by atoms with E-state index in [4.69, 9.17) is 32.4 Å². The van der Waals surface area contributed by atoms with E-state index in [0.717, 1.165) is 0 Å². The molecule has 3 aromatic rings. The first-order chi connectivity index (χ1) is 13.4.